The van der Waals surface area contributed by atoms with Crippen LogP contribution in [0.1, 0.15) is 42.3 Å². The first-order valence-corrected chi connectivity index (χ1v) is 12.1. The van der Waals surface area contributed by atoms with E-state index in [1.807, 2.05) is 0 Å². The number of carbonyl (C=O) groups excluding carboxylic acids is 2. The molecule has 2 saturated heterocycles. The molecule has 37 heavy (non-hydrogen) atoms. The molecule has 12 heteroatoms. The van der Waals surface area contributed by atoms with E-state index in [1.165, 1.54) is 0 Å². The Kier molecular flexibility index (Phi) is 8.26. The number of hydrogen-bond donors (Lipinski definition) is 0. The number of benzene rings is 2. The number of halogens is 4. The van der Waals surface area contributed by atoms with Crippen molar-refractivity contribution in [3.05, 3.63) is 81.2 Å². The van der Waals surface area contributed by atoms with E-state index < -0.39 is 54.6 Å². The van der Waals surface area contributed by atoms with Gasteiger partial charge in [-0.25, -0.2) is 9.69 Å². The van der Waals surface area contributed by atoms with Crippen LogP contribution in [-0.4, -0.2) is 48.4 Å². The third kappa shape index (κ3) is 6.36. The van der Waals surface area contributed by atoms with Crippen LogP contribution in [0.25, 0.3) is 10.4 Å². The Morgan fingerprint density at radius 3 is 2.54 bits per heavy atom. The van der Waals surface area contributed by atoms with Gasteiger partial charge in [-0.1, -0.05) is 59.2 Å². The maximum absolute atomic E-state index is 13.9. The molecule has 2 heterocycles. The molecular formula is C25H24ClF3N4O4. The van der Waals surface area contributed by atoms with Gasteiger partial charge in [-0.05, 0) is 47.6 Å². The number of nitrogens with zero attached hydrogens (tertiary/aromatic N) is 4. The minimum absolute atomic E-state index is 0.00983. The number of cyclic esters (lactones) is 1. The van der Waals surface area contributed by atoms with Gasteiger partial charge in [0, 0.05) is 22.5 Å². The lowest BCUT2D eigenvalue weighted by Crippen LogP contribution is -2.45. The van der Waals surface area contributed by atoms with Crippen LogP contribution in [0.3, 0.4) is 0 Å². The van der Waals surface area contributed by atoms with E-state index in [1.54, 1.807) is 54.6 Å². The summed E-state index contributed by atoms with van der Waals surface area (Å²) in [4.78, 5) is 30.4. The molecule has 0 aromatic heterocycles. The zero-order chi connectivity index (χ0) is 26.6. The molecule has 8 nitrogen and oxygen atoms in total. The van der Waals surface area contributed by atoms with Crippen molar-refractivity contribution < 1.29 is 32.2 Å². The van der Waals surface area contributed by atoms with Crippen LogP contribution in [-0.2, 0) is 14.3 Å². The molecule has 2 amide bonds. The van der Waals surface area contributed by atoms with Crippen molar-refractivity contribution in [1.82, 2.24) is 4.90 Å². The summed E-state index contributed by atoms with van der Waals surface area (Å²) in [6, 6.07) is 13.1. The maximum Gasteiger partial charge on any atom is 0.417 e. The third-order valence-electron chi connectivity index (χ3n) is 6.69. The minimum Gasteiger partial charge on any atom is -0.446 e. The van der Waals surface area contributed by atoms with Gasteiger partial charge in [0.25, 0.3) is 0 Å². The van der Waals surface area contributed by atoms with Crippen LogP contribution < -0.4 is 0 Å². The number of rotatable bonds is 7. The second-order valence-corrected chi connectivity index (χ2v) is 9.47. The quantitative estimate of drug-likeness (QED) is 0.227. The van der Waals surface area contributed by atoms with Crippen LogP contribution in [0, 0.1) is 5.92 Å². The Hall–Kier alpha value is -3.27. The number of hydrogen-bond acceptors (Lipinski definition) is 5. The first-order valence-electron chi connectivity index (χ1n) is 11.7. The zero-order valence-corrected chi connectivity index (χ0v) is 20.3. The van der Waals surface area contributed by atoms with Crippen LogP contribution >= 0.6 is 11.6 Å². The third-order valence-corrected chi connectivity index (χ3v) is 6.95. The summed E-state index contributed by atoms with van der Waals surface area (Å²) in [7, 11) is 0. The SMILES string of the molecule is [N-]=[N+]=N[C@H](C(=O)N1C(=O)OCC1c1ccccc1)[C@@H](c1ccc(Cl)cc1)[C@H]1CCO[C@@H](CC(F)(F)F)C1. The van der Waals surface area contributed by atoms with Crippen molar-refractivity contribution in [3.63, 3.8) is 0 Å². The smallest absolute Gasteiger partial charge is 0.417 e. The van der Waals surface area contributed by atoms with Gasteiger partial charge in [0.1, 0.15) is 18.7 Å². The summed E-state index contributed by atoms with van der Waals surface area (Å²) in [5, 5.41) is 4.21. The summed E-state index contributed by atoms with van der Waals surface area (Å²) >= 11 is 6.05. The van der Waals surface area contributed by atoms with Crippen LogP contribution in [0.5, 0.6) is 0 Å². The fourth-order valence-electron chi connectivity index (χ4n) is 5.09. The topological polar surface area (TPSA) is 105 Å². The highest BCUT2D eigenvalue weighted by atomic mass is 35.5. The minimum atomic E-state index is -4.43. The maximum atomic E-state index is 13.9. The second kappa shape index (κ2) is 11.4. The Bertz CT molecular complexity index is 1160. The molecule has 2 aromatic rings. The van der Waals surface area contributed by atoms with E-state index in [0.717, 1.165) is 4.90 Å². The van der Waals surface area contributed by atoms with Crippen LogP contribution in [0.4, 0.5) is 18.0 Å². The van der Waals surface area contributed by atoms with Crippen molar-refractivity contribution in [1.29, 1.82) is 0 Å². The predicted molar refractivity (Wildman–Crippen MR) is 128 cm³/mol. The van der Waals surface area contributed by atoms with E-state index in [9.17, 15) is 28.3 Å². The summed E-state index contributed by atoms with van der Waals surface area (Å²) in [6.45, 7) is -0.0286. The Morgan fingerprint density at radius 2 is 1.89 bits per heavy atom. The van der Waals surface area contributed by atoms with Gasteiger partial charge < -0.3 is 9.47 Å². The zero-order valence-electron chi connectivity index (χ0n) is 19.6. The number of azide groups is 1. The van der Waals surface area contributed by atoms with Crippen LogP contribution in [0.2, 0.25) is 5.02 Å². The fourth-order valence-corrected chi connectivity index (χ4v) is 5.22. The molecule has 2 aromatic carbocycles. The number of imide groups is 1. The normalized spacial score (nSPS) is 23.6. The van der Waals surface area contributed by atoms with Crippen molar-refractivity contribution in [3.8, 4) is 0 Å². The lowest BCUT2D eigenvalue weighted by atomic mass is 9.75. The summed E-state index contributed by atoms with van der Waals surface area (Å²) < 4.78 is 49.9. The van der Waals surface area contributed by atoms with Crippen molar-refractivity contribution >= 4 is 23.6 Å². The van der Waals surface area contributed by atoms with Crippen molar-refractivity contribution in [2.45, 2.75) is 49.5 Å². The Balaban J connectivity index is 1.72. The van der Waals surface area contributed by atoms with Gasteiger partial charge in [0.15, 0.2) is 0 Å². The highest BCUT2D eigenvalue weighted by Crippen LogP contribution is 2.42. The van der Waals surface area contributed by atoms with Crippen molar-refractivity contribution in [2.24, 2.45) is 11.0 Å². The van der Waals surface area contributed by atoms with E-state index in [4.69, 9.17) is 21.1 Å². The molecule has 2 aliphatic heterocycles. The van der Waals surface area contributed by atoms with E-state index in [2.05, 4.69) is 10.0 Å². The molecule has 0 spiro atoms. The van der Waals surface area contributed by atoms with Crippen LogP contribution in [0.15, 0.2) is 59.7 Å². The number of amides is 2. The highest BCUT2D eigenvalue weighted by Gasteiger charge is 2.47. The molecule has 0 saturated carbocycles. The average Bonchev–Trinajstić information content (AvgIpc) is 3.25. The van der Waals surface area contributed by atoms with Gasteiger partial charge in [-0.2, -0.15) is 13.2 Å². The molecule has 0 N–H and O–H groups in total. The summed E-state index contributed by atoms with van der Waals surface area (Å²) in [6.07, 6.45) is -7.23. The van der Waals surface area contributed by atoms with Gasteiger partial charge >= 0.3 is 12.3 Å². The molecule has 0 radical (unpaired) electrons. The molecule has 2 aliphatic rings. The number of ether oxygens (including phenoxy) is 2. The van der Waals surface area contributed by atoms with Gasteiger partial charge in [-0.3, -0.25) is 4.79 Å². The lowest BCUT2D eigenvalue weighted by Gasteiger charge is -2.38. The predicted octanol–water partition coefficient (Wildman–Crippen LogP) is 6.57. The fraction of sp³-hybridized carbons (Fsp3) is 0.440. The molecule has 0 aliphatic carbocycles. The standard InChI is InChI=1S/C25H24ClF3N4O4/c26-18-8-6-16(7-9-18)21(17-10-11-36-19(12-17)13-25(27,28)29)22(31-32-30)23(34)33-20(14-37-24(33)35)15-4-2-1-3-5-15/h1-9,17,19-22H,10-14H2/t17-,19+,20?,21-,22-/m0/s1. The van der Waals surface area contributed by atoms with E-state index >= 15 is 0 Å². The average molecular weight is 537 g/mol. The number of alkyl halides is 3. The summed E-state index contributed by atoms with van der Waals surface area (Å²) in [5.41, 5.74) is 10.6. The van der Waals surface area contributed by atoms with Gasteiger partial charge in [0.05, 0.1) is 12.5 Å². The Morgan fingerprint density at radius 1 is 1.19 bits per heavy atom. The van der Waals surface area contributed by atoms with Crippen molar-refractivity contribution in [2.75, 3.05) is 13.2 Å². The largest absolute Gasteiger partial charge is 0.446 e. The first kappa shape index (κ1) is 26.8. The van der Waals surface area contributed by atoms with E-state index in [0.29, 0.717) is 22.6 Å². The first-order chi connectivity index (χ1) is 17.7. The second-order valence-electron chi connectivity index (χ2n) is 9.04. The molecule has 1 unspecified atom stereocenters. The highest BCUT2D eigenvalue weighted by molar-refractivity contribution is 6.30. The molecule has 196 valence electrons. The Labute approximate surface area is 215 Å². The molecule has 0 bridgehead atoms. The van der Waals surface area contributed by atoms with Gasteiger partial charge in [0.2, 0.25) is 5.91 Å². The molecule has 2 fully saturated rings. The monoisotopic (exact) mass is 536 g/mol. The molecule has 5 atom stereocenters. The van der Waals surface area contributed by atoms with E-state index in [-0.39, 0.29) is 19.6 Å². The molecule has 4 rings (SSSR count). The molecular weight excluding hydrogens is 513 g/mol. The van der Waals surface area contributed by atoms with Gasteiger partial charge in [-0.15, -0.1) is 0 Å². The summed E-state index contributed by atoms with van der Waals surface area (Å²) in [5.74, 6) is -2.12. The number of carbonyl (C=O) groups is 2. The lowest BCUT2D eigenvalue weighted by molar-refractivity contribution is -0.170.